The number of rotatable bonds is 10. The number of amides is 2. The van der Waals surface area contributed by atoms with Crippen LogP contribution in [0, 0.1) is 5.92 Å². The molecular formula is C29H39N3O4. The van der Waals surface area contributed by atoms with Gasteiger partial charge in [0, 0.05) is 38.2 Å². The second-order valence-electron chi connectivity index (χ2n) is 9.59. The minimum Gasteiger partial charge on any atom is -0.496 e. The summed E-state index contributed by atoms with van der Waals surface area (Å²) in [6.07, 6.45) is 2.80. The lowest BCUT2D eigenvalue weighted by Crippen LogP contribution is -2.50. The molecule has 2 fully saturated rings. The summed E-state index contributed by atoms with van der Waals surface area (Å²) in [5.41, 5.74) is 2.08. The van der Waals surface area contributed by atoms with E-state index in [0.29, 0.717) is 44.9 Å². The Morgan fingerprint density at radius 2 is 1.83 bits per heavy atom. The van der Waals surface area contributed by atoms with Crippen LogP contribution in [0.5, 0.6) is 5.75 Å². The van der Waals surface area contributed by atoms with Crippen molar-refractivity contribution in [2.45, 2.75) is 44.7 Å². The lowest BCUT2D eigenvalue weighted by molar-refractivity contribution is -0.143. The van der Waals surface area contributed by atoms with Gasteiger partial charge in [-0.05, 0) is 24.5 Å². The number of morpholine rings is 1. The van der Waals surface area contributed by atoms with Gasteiger partial charge in [0.25, 0.3) is 0 Å². The number of piperidine rings is 1. The third kappa shape index (κ3) is 6.08. The zero-order valence-electron chi connectivity index (χ0n) is 21.5. The molecule has 2 heterocycles. The maximum absolute atomic E-state index is 13.8. The van der Waals surface area contributed by atoms with Crippen LogP contribution in [0.3, 0.4) is 0 Å². The molecule has 7 nitrogen and oxygen atoms in total. The number of ether oxygens (including phenoxy) is 2. The normalized spacial score (nSPS) is 21.7. The number of methoxy groups -OCH3 is 1. The summed E-state index contributed by atoms with van der Waals surface area (Å²) >= 11 is 0. The van der Waals surface area contributed by atoms with E-state index in [-0.39, 0.29) is 29.8 Å². The molecular weight excluding hydrogens is 454 g/mol. The van der Waals surface area contributed by atoms with Crippen molar-refractivity contribution in [2.24, 2.45) is 5.92 Å². The molecule has 3 atom stereocenters. The zero-order chi connectivity index (χ0) is 25.3. The van der Waals surface area contributed by atoms with Crippen LogP contribution in [-0.4, -0.2) is 68.1 Å². The standard InChI is InChI=1S/C29H39N3O4/c1-3-4-16-32-27(33)15-14-24(28(32)23-12-8-9-13-26(23)35-2)29(34)30-21-25(22-10-6-5-7-11-22)31-17-19-36-20-18-31/h5-13,24-25,28H,3-4,14-21H2,1-2H3,(H,30,34). The van der Waals surface area contributed by atoms with Crippen molar-refractivity contribution in [2.75, 3.05) is 46.5 Å². The molecule has 1 N–H and O–H groups in total. The molecule has 2 amide bonds. The molecule has 7 heteroatoms. The van der Waals surface area contributed by atoms with Crippen LogP contribution >= 0.6 is 0 Å². The van der Waals surface area contributed by atoms with E-state index in [1.807, 2.05) is 47.4 Å². The van der Waals surface area contributed by atoms with Gasteiger partial charge in [-0.1, -0.05) is 61.9 Å². The second kappa shape index (κ2) is 12.9. The Morgan fingerprint density at radius 3 is 2.56 bits per heavy atom. The van der Waals surface area contributed by atoms with E-state index in [9.17, 15) is 9.59 Å². The van der Waals surface area contributed by atoms with E-state index in [1.165, 1.54) is 5.56 Å². The molecule has 0 aromatic heterocycles. The maximum atomic E-state index is 13.8. The number of carbonyl (C=O) groups excluding carboxylic acids is 2. The van der Waals surface area contributed by atoms with E-state index in [2.05, 4.69) is 29.3 Å². The highest BCUT2D eigenvalue weighted by atomic mass is 16.5. The van der Waals surface area contributed by atoms with Crippen molar-refractivity contribution in [3.05, 3.63) is 65.7 Å². The Bertz CT molecular complexity index is 993. The summed E-state index contributed by atoms with van der Waals surface area (Å²) in [7, 11) is 1.64. The average Bonchev–Trinajstić information content (AvgIpc) is 2.93. The monoisotopic (exact) mass is 493 g/mol. The Labute approximate surface area is 214 Å². The number of likely N-dealkylation sites (tertiary alicyclic amines) is 1. The van der Waals surface area contributed by atoms with Gasteiger partial charge in [0.15, 0.2) is 0 Å². The molecule has 0 saturated carbocycles. The van der Waals surface area contributed by atoms with Crippen molar-refractivity contribution in [1.29, 1.82) is 0 Å². The highest BCUT2D eigenvalue weighted by molar-refractivity contribution is 5.85. The van der Waals surface area contributed by atoms with E-state index in [0.717, 1.165) is 31.5 Å². The van der Waals surface area contributed by atoms with Crippen LogP contribution in [0.2, 0.25) is 0 Å². The lowest BCUT2D eigenvalue weighted by Gasteiger charge is -2.41. The van der Waals surface area contributed by atoms with Gasteiger partial charge in [-0.3, -0.25) is 14.5 Å². The number of hydrogen-bond acceptors (Lipinski definition) is 5. The molecule has 2 aliphatic heterocycles. The summed E-state index contributed by atoms with van der Waals surface area (Å²) in [6, 6.07) is 17.8. The largest absolute Gasteiger partial charge is 0.496 e. The maximum Gasteiger partial charge on any atom is 0.225 e. The molecule has 2 saturated heterocycles. The van der Waals surface area contributed by atoms with Crippen molar-refractivity contribution in [3.63, 3.8) is 0 Å². The summed E-state index contributed by atoms with van der Waals surface area (Å²) in [6.45, 7) is 6.34. The average molecular weight is 494 g/mol. The van der Waals surface area contributed by atoms with E-state index in [1.54, 1.807) is 7.11 Å². The molecule has 3 unspecified atom stereocenters. The van der Waals surface area contributed by atoms with Crippen molar-refractivity contribution < 1.29 is 19.1 Å². The Kier molecular flexibility index (Phi) is 9.36. The van der Waals surface area contributed by atoms with Crippen LogP contribution in [0.1, 0.15) is 55.8 Å². The first-order chi connectivity index (χ1) is 17.6. The summed E-state index contributed by atoms with van der Waals surface area (Å²) in [4.78, 5) is 31.1. The summed E-state index contributed by atoms with van der Waals surface area (Å²) < 4.78 is 11.2. The van der Waals surface area contributed by atoms with E-state index in [4.69, 9.17) is 9.47 Å². The molecule has 194 valence electrons. The number of unbranched alkanes of at least 4 members (excludes halogenated alkanes) is 1. The predicted molar refractivity (Wildman–Crippen MR) is 140 cm³/mol. The first-order valence-corrected chi connectivity index (χ1v) is 13.2. The predicted octanol–water partition coefficient (Wildman–Crippen LogP) is 3.96. The third-order valence-electron chi connectivity index (χ3n) is 7.39. The number of para-hydroxylation sites is 1. The quantitative estimate of drug-likeness (QED) is 0.543. The van der Waals surface area contributed by atoms with Gasteiger partial charge in [-0.25, -0.2) is 0 Å². The van der Waals surface area contributed by atoms with Crippen molar-refractivity contribution in [1.82, 2.24) is 15.1 Å². The van der Waals surface area contributed by atoms with Crippen molar-refractivity contribution in [3.8, 4) is 5.75 Å². The van der Waals surface area contributed by atoms with Gasteiger partial charge in [-0.15, -0.1) is 0 Å². The number of benzene rings is 2. The molecule has 2 aromatic carbocycles. The Morgan fingerprint density at radius 1 is 1.11 bits per heavy atom. The topological polar surface area (TPSA) is 71.1 Å². The number of nitrogens with one attached hydrogen (secondary N) is 1. The molecule has 0 radical (unpaired) electrons. The molecule has 0 spiro atoms. The van der Waals surface area contributed by atoms with Crippen LogP contribution in [0.25, 0.3) is 0 Å². The van der Waals surface area contributed by atoms with Crippen molar-refractivity contribution >= 4 is 11.8 Å². The minimum absolute atomic E-state index is 0.00547. The smallest absolute Gasteiger partial charge is 0.225 e. The van der Waals surface area contributed by atoms with Crippen LogP contribution < -0.4 is 10.1 Å². The number of carbonyl (C=O) groups is 2. The second-order valence-corrected chi connectivity index (χ2v) is 9.59. The van der Waals surface area contributed by atoms with Crippen LogP contribution in [0.15, 0.2) is 54.6 Å². The third-order valence-corrected chi connectivity index (χ3v) is 7.39. The Hall–Kier alpha value is -2.90. The number of nitrogens with zero attached hydrogens (tertiary/aromatic N) is 2. The fraction of sp³-hybridized carbons (Fsp3) is 0.517. The van der Waals surface area contributed by atoms with Crippen LogP contribution in [-0.2, 0) is 14.3 Å². The van der Waals surface area contributed by atoms with Gasteiger partial charge in [-0.2, -0.15) is 0 Å². The van der Waals surface area contributed by atoms with E-state index >= 15 is 0 Å². The van der Waals surface area contributed by atoms with Gasteiger partial charge < -0.3 is 19.7 Å². The highest BCUT2D eigenvalue weighted by Crippen LogP contribution is 2.41. The molecule has 2 aliphatic rings. The SMILES string of the molecule is CCCCN1C(=O)CCC(C(=O)NCC(c2ccccc2)N2CCOCC2)C1c1ccccc1OC. The van der Waals surface area contributed by atoms with Gasteiger partial charge in [0.1, 0.15) is 5.75 Å². The molecule has 4 rings (SSSR count). The molecule has 2 aromatic rings. The minimum atomic E-state index is -0.340. The Balaban J connectivity index is 1.57. The number of hydrogen-bond donors (Lipinski definition) is 1. The first-order valence-electron chi connectivity index (χ1n) is 13.2. The fourth-order valence-electron chi connectivity index (χ4n) is 5.47. The molecule has 0 bridgehead atoms. The molecule has 36 heavy (non-hydrogen) atoms. The molecule has 0 aliphatic carbocycles. The van der Waals surface area contributed by atoms with Gasteiger partial charge >= 0.3 is 0 Å². The summed E-state index contributed by atoms with van der Waals surface area (Å²) in [5, 5.41) is 3.28. The first kappa shape index (κ1) is 26.2. The van der Waals surface area contributed by atoms with Crippen LogP contribution in [0.4, 0.5) is 0 Å². The highest BCUT2D eigenvalue weighted by Gasteiger charge is 2.41. The summed E-state index contributed by atoms with van der Waals surface area (Å²) in [5.74, 6) is 0.483. The zero-order valence-corrected chi connectivity index (χ0v) is 21.5. The van der Waals surface area contributed by atoms with E-state index < -0.39 is 0 Å². The lowest BCUT2D eigenvalue weighted by atomic mass is 9.83. The fourth-order valence-corrected chi connectivity index (χ4v) is 5.47. The van der Waals surface area contributed by atoms with Gasteiger partial charge in [0.2, 0.25) is 11.8 Å². The van der Waals surface area contributed by atoms with Gasteiger partial charge in [0.05, 0.1) is 38.3 Å².